The van der Waals surface area contributed by atoms with E-state index in [4.69, 9.17) is 0 Å². The van der Waals surface area contributed by atoms with Gasteiger partial charge in [-0.05, 0) is 88.0 Å². The van der Waals surface area contributed by atoms with E-state index in [2.05, 4.69) is 35.9 Å². The number of aryl methyl sites for hydroxylation is 2. The minimum absolute atomic E-state index is 0.506. The third kappa shape index (κ3) is 4.29. The van der Waals surface area contributed by atoms with Gasteiger partial charge in [0.25, 0.3) is 0 Å². The van der Waals surface area contributed by atoms with Gasteiger partial charge in [-0.2, -0.15) is 0 Å². The molecule has 3 aromatic heterocycles. The van der Waals surface area contributed by atoms with Gasteiger partial charge in [-0.25, -0.2) is 0 Å². The van der Waals surface area contributed by atoms with Crippen molar-refractivity contribution in [3.05, 3.63) is 45.1 Å². The van der Waals surface area contributed by atoms with E-state index >= 15 is 0 Å². The summed E-state index contributed by atoms with van der Waals surface area (Å²) in [7, 11) is 0. The molecule has 1 N–H and O–H groups in total. The lowest BCUT2D eigenvalue weighted by atomic mass is 10.1. The van der Waals surface area contributed by atoms with Gasteiger partial charge >= 0.3 is 0 Å². The maximum absolute atomic E-state index is 11.4. The number of aromatic amines is 1. The van der Waals surface area contributed by atoms with Crippen LogP contribution in [-0.2, 0) is 12.8 Å². The normalized spacial score (nSPS) is 15.6. The zero-order valence-corrected chi connectivity index (χ0v) is 18.5. The molecule has 0 saturated carbocycles. The second-order valence-corrected chi connectivity index (χ2v) is 10.0. The number of nitrogens with zero attached hydrogens (tertiary/aromatic N) is 1. The highest BCUT2D eigenvalue weighted by atomic mass is 32.1. The van der Waals surface area contributed by atoms with Gasteiger partial charge in [0.2, 0.25) is 0 Å². The van der Waals surface area contributed by atoms with Crippen LogP contribution >= 0.6 is 22.7 Å². The summed E-state index contributed by atoms with van der Waals surface area (Å²) < 4.78 is 0. The molecule has 4 nitrogen and oxygen atoms in total. The van der Waals surface area contributed by atoms with Crippen LogP contribution in [0, 0.1) is 0 Å². The first-order valence-electron chi connectivity index (χ1n) is 10.2. The molecule has 4 rings (SSSR count). The standard InChI is InChI=1S/C23H26N2O2S2/c1-15(2)25-9-3-5-16-11-18(13-26)28-22(16)20-7-8-21(24-20)23-17(6-4-10-25)12-19(14-27)29-23/h7-8,11-15,24H,3-6,9-10H2,1-2H3. The van der Waals surface area contributed by atoms with Crippen molar-refractivity contribution in [2.75, 3.05) is 13.1 Å². The molecule has 0 radical (unpaired) electrons. The second kappa shape index (κ2) is 8.78. The monoisotopic (exact) mass is 426 g/mol. The summed E-state index contributed by atoms with van der Waals surface area (Å²) in [5.74, 6) is 0. The van der Waals surface area contributed by atoms with Crippen LogP contribution in [0.4, 0.5) is 0 Å². The Labute approximate surface area is 179 Å². The predicted molar refractivity (Wildman–Crippen MR) is 122 cm³/mol. The van der Waals surface area contributed by atoms with Crippen LogP contribution in [0.1, 0.15) is 57.2 Å². The van der Waals surface area contributed by atoms with E-state index in [1.54, 1.807) is 22.7 Å². The number of hydrogen-bond acceptors (Lipinski definition) is 5. The van der Waals surface area contributed by atoms with Crippen LogP contribution in [0.15, 0.2) is 24.3 Å². The van der Waals surface area contributed by atoms with Crippen LogP contribution in [-0.4, -0.2) is 41.6 Å². The zero-order valence-electron chi connectivity index (χ0n) is 16.9. The van der Waals surface area contributed by atoms with Crippen molar-refractivity contribution in [2.24, 2.45) is 0 Å². The smallest absolute Gasteiger partial charge is 0.160 e. The third-order valence-corrected chi connectivity index (χ3v) is 7.85. The molecule has 3 aromatic rings. The Morgan fingerprint density at radius 1 is 0.897 bits per heavy atom. The summed E-state index contributed by atoms with van der Waals surface area (Å²) in [6.45, 7) is 6.61. The number of carbonyl (C=O) groups excluding carboxylic acids is 2. The molecule has 6 heteroatoms. The van der Waals surface area contributed by atoms with Gasteiger partial charge in [0.1, 0.15) is 0 Å². The first-order chi connectivity index (χ1) is 14.1. The van der Waals surface area contributed by atoms with Crippen LogP contribution in [0.25, 0.3) is 21.1 Å². The van der Waals surface area contributed by atoms with Crippen LogP contribution in [0.2, 0.25) is 0 Å². The van der Waals surface area contributed by atoms with E-state index < -0.39 is 0 Å². The molecule has 1 aliphatic rings. The lowest BCUT2D eigenvalue weighted by molar-refractivity contribution is 0.111. The molecule has 1 aliphatic heterocycles. The number of fused-ring (bicyclic) bond motifs is 6. The Balaban J connectivity index is 1.77. The van der Waals surface area contributed by atoms with Crippen molar-refractivity contribution in [1.82, 2.24) is 9.88 Å². The molecule has 0 amide bonds. The molecule has 0 spiro atoms. The van der Waals surface area contributed by atoms with E-state index in [1.807, 2.05) is 12.1 Å². The lowest BCUT2D eigenvalue weighted by Crippen LogP contribution is -2.33. The fourth-order valence-electron chi connectivity index (χ4n) is 4.08. The minimum atomic E-state index is 0.506. The quantitative estimate of drug-likeness (QED) is 0.548. The molecule has 29 heavy (non-hydrogen) atoms. The largest absolute Gasteiger partial charge is 0.353 e. The SMILES string of the molecule is CC(C)N1CCCc2cc(C=O)sc2-c2ccc([nH]2)-c2sc(C=O)cc2CCC1. The zero-order chi connectivity index (χ0) is 20.4. The Hall–Kier alpha value is -2.02. The second-order valence-electron chi connectivity index (χ2n) is 7.86. The molecule has 0 unspecified atom stereocenters. The minimum Gasteiger partial charge on any atom is -0.353 e. The predicted octanol–water partition coefficient (Wildman–Crippen LogP) is 5.69. The summed E-state index contributed by atoms with van der Waals surface area (Å²) in [6, 6.07) is 8.79. The van der Waals surface area contributed by atoms with Crippen molar-refractivity contribution in [1.29, 1.82) is 0 Å². The maximum Gasteiger partial charge on any atom is 0.160 e. The molecule has 0 aromatic carbocycles. The summed E-state index contributed by atoms with van der Waals surface area (Å²) >= 11 is 3.11. The highest BCUT2D eigenvalue weighted by Gasteiger charge is 2.18. The van der Waals surface area contributed by atoms with Crippen molar-refractivity contribution in [3.63, 3.8) is 0 Å². The fourth-order valence-corrected chi connectivity index (χ4v) is 6.09. The molecule has 0 fully saturated rings. The van der Waals surface area contributed by atoms with Crippen LogP contribution < -0.4 is 0 Å². The molecule has 2 bridgehead atoms. The lowest BCUT2D eigenvalue weighted by Gasteiger charge is -2.26. The number of aldehydes is 2. The van der Waals surface area contributed by atoms with Gasteiger partial charge in [-0.1, -0.05) is 0 Å². The Morgan fingerprint density at radius 3 is 1.79 bits per heavy atom. The molecule has 4 heterocycles. The van der Waals surface area contributed by atoms with E-state index in [1.165, 1.54) is 11.1 Å². The summed E-state index contributed by atoms with van der Waals surface area (Å²) in [5, 5.41) is 0. The van der Waals surface area contributed by atoms with Gasteiger partial charge in [0.15, 0.2) is 12.6 Å². The van der Waals surface area contributed by atoms with Gasteiger partial charge in [0, 0.05) is 6.04 Å². The first kappa shape index (κ1) is 20.3. The maximum atomic E-state index is 11.4. The summed E-state index contributed by atoms with van der Waals surface area (Å²) in [4.78, 5) is 32.7. The average Bonchev–Trinajstić information content (AvgIpc) is 3.43. The molecule has 0 saturated heterocycles. The number of hydrogen-bond donors (Lipinski definition) is 1. The van der Waals surface area contributed by atoms with Crippen molar-refractivity contribution >= 4 is 35.2 Å². The summed E-state index contributed by atoms with van der Waals surface area (Å²) in [6.07, 6.45) is 5.99. The fraction of sp³-hybridized carbons (Fsp3) is 0.391. The highest BCUT2D eigenvalue weighted by Crippen LogP contribution is 2.37. The molecule has 0 atom stereocenters. The number of nitrogens with one attached hydrogen (secondary N) is 1. The van der Waals surface area contributed by atoms with Gasteiger partial charge < -0.3 is 9.88 Å². The number of carbonyl (C=O) groups is 2. The van der Waals surface area contributed by atoms with Gasteiger partial charge in [-0.3, -0.25) is 9.59 Å². The van der Waals surface area contributed by atoms with Gasteiger partial charge in [0.05, 0.1) is 30.9 Å². The third-order valence-electron chi connectivity index (χ3n) is 5.58. The molecule has 152 valence electrons. The van der Waals surface area contributed by atoms with Crippen molar-refractivity contribution in [2.45, 2.75) is 45.6 Å². The number of rotatable bonds is 3. The van der Waals surface area contributed by atoms with E-state index in [0.717, 1.165) is 82.2 Å². The number of thiophene rings is 2. The van der Waals surface area contributed by atoms with Crippen LogP contribution in [0.5, 0.6) is 0 Å². The molecular formula is C23H26N2O2S2. The van der Waals surface area contributed by atoms with E-state index in [9.17, 15) is 9.59 Å². The van der Waals surface area contributed by atoms with E-state index in [0.29, 0.717) is 6.04 Å². The van der Waals surface area contributed by atoms with Crippen molar-refractivity contribution in [3.8, 4) is 21.1 Å². The molecule has 0 aliphatic carbocycles. The van der Waals surface area contributed by atoms with Crippen molar-refractivity contribution < 1.29 is 9.59 Å². The molecular weight excluding hydrogens is 400 g/mol. The Bertz CT molecular complexity index is 937. The Morgan fingerprint density at radius 2 is 1.38 bits per heavy atom. The van der Waals surface area contributed by atoms with Gasteiger partial charge in [-0.15, -0.1) is 22.7 Å². The topological polar surface area (TPSA) is 53.2 Å². The number of aromatic nitrogens is 1. The van der Waals surface area contributed by atoms with E-state index in [-0.39, 0.29) is 0 Å². The first-order valence-corrected chi connectivity index (χ1v) is 11.8. The Kier molecular flexibility index (Phi) is 6.13. The average molecular weight is 427 g/mol. The highest BCUT2D eigenvalue weighted by molar-refractivity contribution is 7.17. The van der Waals surface area contributed by atoms with Crippen LogP contribution in [0.3, 0.4) is 0 Å². The number of H-pyrrole nitrogens is 1. The summed E-state index contributed by atoms with van der Waals surface area (Å²) in [5.41, 5.74) is 4.59.